The lowest BCUT2D eigenvalue weighted by atomic mass is 10.2. The van der Waals surface area contributed by atoms with Gasteiger partial charge < -0.3 is 11.1 Å². The van der Waals surface area contributed by atoms with E-state index >= 15 is 0 Å². The van der Waals surface area contributed by atoms with E-state index in [1.165, 1.54) is 11.3 Å². The van der Waals surface area contributed by atoms with Crippen LogP contribution < -0.4 is 11.1 Å². The standard InChI is InChI=1S/C14H13N5OS/c1-8-4-18-9(5-17-8)6-19-14(20)13-12(15)10-2-3-16-7-11(10)21-13/h2-5,7H,6,15H2,1H3,(H,19,20). The first-order valence-electron chi connectivity index (χ1n) is 6.33. The molecule has 21 heavy (non-hydrogen) atoms. The maximum absolute atomic E-state index is 12.2. The van der Waals surface area contributed by atoms with Gasteiger partial charge in [0.1, 0.15) is 4.88 Å². The minimum Gasteiger partial charge on any atom is -0.397 e. The van der Waals surface area contributed by atoms with Crippen LogP contribution in [0.25, 0.3) is 10.1 Å². The van der Waals surface area contributed by atoms with Gasteiger partial charge in [-0.05, 0) is 13.0 Å². The zero-order valence-corrected chi connectivity index (χ0v) is 12.1. The van der Waals surface area contributed by atoms with Crippen molar-refractivity contribution < 1.29 is 4.79 Å². The molecule has 0 fully saturated rings. The molecule has 0 radical (unpaired) electrons. The minimum atomic E-state index is -0.212. The lowest BCUT2D eigenvalue weighted by Crippen LogP contribution is -2.23. The van der Waals surface area contributed by atoms with Crippen molar-refractivity contribution >= 4 is 33.0 Å². The predicted octanol–water partition coefficient (Wildman–Crippen LogP) is 1.91. The Labute approximate surface area is 125 Å². The molecule has 1 amide bonds. The Morgan fingerprint density at radius 3 is 2.90 bits per heavy atom. The first-order chi connectivity index (χ1) is 10.1. The summed E-state index contributed by atoms with van der Waals surface area (Å²) in [6, 6.07) is 1.81. The Balaban J connectivity index is 1.78. The molecular formula is C14H13N5OS. The second-order valence-corrected chi connectivity index (χ2v) is 5.60. The Morgan fingerprint density at radius 2 is 2.19 bits per heavy atom. The van der Waals surface area contributed by atoms with E-state index in [-0.39, 0.29) is 5.91 Å². The normalized spacial score (nSPS) is 10.7. The molecule has 0 aliphatic carbocycles. The van der Waals surface area contributed by atoms with E-state index in [1.807, 2.05) is 13.0 Å². The number of carbonyl (C=O) groups is 1. The van der Waals surface area contributed by atoms with Gasteiger partial charge in [0.25, 0.3) is 5.91 Å². The summed E-state index contributed by atoms with van der Waals surface area (Å²) < 4.78 is 0.898. The molecule has 3 heterocycles. The predicted molar refractivity (Wildman–Crippen MR) is 82.0 cm³/mol. The van der Waals surface area contributed by atoms with Crippen LogP contribution in [0.5, 0.6) is 0 Å². The van der Waals surface area contributed by atoms with Crippen LogP contribution in [0.15, 0.2) is 30.9 Å². The van der Waals surface area contributed by atoms with E-state index in [2.05, 4.69) is 20.3 Å². The summed E-state index contributed by atoms with van der Waals surface area (Å²) in [5, 5.41) is 3.66. The number of rotatable bonds is 3. The number of fused-ring (bicyclic) bond motifs is 1. The van der Waals surface area contributed by atoms with Crippen molar-refractivity contribution in [1.29, 1.82) is 0 Å². The van der Waals surface area contributed by atoms with E-state index in [4.69, 9.17) is 5.73 Å². The summed E-state index contributed by atoms with van der Waals surface area (Å²) in [4.78, 5) is 25.1. The summed E-state index contributed by atoms with van der Waals surface area (Å²) in [7, 11) is 0. The number of nitrogens with one attached hydrogen (secondary N) is 1. The van der Waals surface area contributed by atoms with Crippen LogP contribution in [0, 0.1) is 6.92 Å². The monoisotopic (exact) mass is 299 g/mol. The number of hydrogen-bond acceptors (Lipinski definition) is 6. The Kier molecular flexibility index (Phi) is 3.49. The Bertz CT molecular complexity index is 797. The largest absolute Gasteiger partial charge is 0.397 e. The van der Waals surface area contributed by atoms with E-state index in [9.17, 15) is 4.79 Å². The summed E-state index contributed by atoms with van der Waals surface area (Å²) in [5.74, 6) is -0.212. The number of nitrogen functional groups attached to an aromatic ring is 1. The number of pyridine rings is 1. The van der Waals surface area contributed by atoms with Crippen molar-refractivity contribution in [1.82, 2.24) is 20.3 Å². The fourth-order valence-electron chi connectivity index (χ4n) is 1.90. The molecule has 3 rings (SSSR count). The van der Waals surface area contributed by atoms with Gasteiger partial charge in [-0.2, -0.15) is 0 Å². The van der Waals surface area contributed by atoms with Gasteiger partial charge in [0.15, 0.2) is 0 Å². The average molecular weight is 299 g/mol. The molecule has 0 aliphatic heterocycles. The lowest BCUT2D eigenvalue weighted by Gasteiger charge is -2.04. The quantitative estimate of drug-likeness (QED) is 0.770. The highest BCUT2D eigenvalue weighted by Crippen LogP contribution is 2.32. The first-order valence-corrected chi connectivity index (χ1v) is 7.14. The topological polar surface area (TPSA) is 93.8 Å². The third kappa shape index (κ3) is 2.68. The molecule has 0 aromatic carbocycles. The number of hydrogen-bond donors (Lipinski definition) is 2. The van der Waals surface area contributed by atoms with E-state index < -0.39 is 0 Å². The molecule has 3 aromatic heterocycles. The van der Waals surface area contributed by atoms with Gasteiger partial charge >= 0.3 is 0 Å². The molecule has 0 bridgehead atoms. The van der Waals surface area contributed by atoms with E-state index in [0.717, 1.165) is 15.8 Å². The van der Waals surface area contributed by atoms with Crippen LogP contribution in [0.4, 0.5) is 5.69 Å². The fourth-order valence-corrected chi connectivity index (χ4v) is 2.91. The van der Waals surface area contributed by atoms with Crippen LogP contribution in [0.1, 0.15) is 21.1 Å². The number of nitrogens with two attached hydrogens (primary N) is 1. The molecule has 0 aliphatic rings. The summed E-state index contributed by atoms with van der Waals surface area (Å²) >= 11 is 1.33. The second-order valence-electron chi connectivity index (χ2n) is 4.55. The van der Waals surface area contributed by atoms with Crippen LogP contribution in [-0.4, -0.2) is 20.9 Å². The molecule has 7 heteroatoms. The molecule has 6 nitrogen and oxygen atoms in total. The van der Waals surface area contributed by atoms with Crippen molar-refractivity contribution in [2.24, 2.45) is 0 Å². The highest BCUT2D eigenvalue weighted by Gasteiger charge is 2.16. The zero-order valence-electron chi connectivity index (χ0n) is 11.3. The van der Waals surface area contributed by atoms with Crippen molar-refractivity contribution in [2.75, 3.05) is 5.73 Å². The number of thiophene rings is 1. The highest BCUT2D eigenvalue weighted by molar-refractivity contribution is 7.21. The van der Waals surface area contributed by atoms with Gasteiger partial charge in [-0.3, -0.25) is 19.7 Å². The van der Waals surface area contributed by atoms with Gasteiger partial charge in [0, 0.05) is 24.0 Å². The SMILES string of the molecule is Cc1cnc(CNC(=O)c2sc3cnccc3c2N)cn1. The molecule has 0 atom stereocenters. The lowest BCUT2D eigenvalue weighted by molar-refractivity contribution is 0.0955. The maximum Gasteiger partial charge on any atom is 0.263 e. The van der Waals surface area contributed by atoms with Crippen LogP contribution >= 0.6 is 11.3 Å². The molecule has 0 saturated carbocycles. The highest BCUT2D eigenvalue weighted by atomic mass is 32.1. The smallest absolute Gasteiger partial charge is 0.263 e. The Morgan fingerprint density at radius 1 is 1.33 bits per heavy atom. The second kappa shape index (κ2) is 5.45. The van der Waals surface area contributed by atoms with Gasteiger partial charge in [-0.15, -0.1) is 11.3 Å². The zero-order chi connectivity index (χ0) is 14.8. The molecular weight excluding hydrogens is 286 g/mol. The van der Waals surface area contributed by atoms with E-state index in [0.29, 0.717) is 22.8 Å². The van der Waals surface area contributed by atoms with E-state index in [1.54, 1.807) is 24.8 Å². The molecule has 0 saturated heterocycles. The van der Waals surface area contributed by atoms with Crippen molar-refractivity contribution in [3.8, 4) is 0 Å². The van der Waals surface area contributed by atoms with Crippen molar-refractivity contribution in [2.45, 2.75) is 13.5 Å². The Hall–Kier alpha value is -2.54. The number of amides is 1. The minimum absolute atomic E-state index is 0.212. The molecule has 0 spiro atoms. The third-order valence-electron chi connectivity index (χ3n) is 3.00. The van der Waals surface area contributed by atoms with Crippen LogP contribution in [0.2, 0.25) is 0 Å². The van der Waals surface area contributed by atoms with Crippen molar-refractivity contribution in [3.63, 3.8) is 0 Å². The number of carbonyl (C=O) groups excluding carboxylic acids is 1. The fraction of sp³-hybridized carbons (Fsp3) is 0.143. The van der Waals surface area contributed by atoms with Gasteiger partial charge in [-0.1, -0.05) is 0 Å². The molecule has 3 aromatic rings. The molecule has 106 valence electrons. The van der Waals surface area contributed by atoms with Crippen LogP contribution in [0.3, 0.4) is 0 Å². The number of nitrogens with zero attached hydrogens (tertiary/aromatic N) is 3. The average Bonchev–Trinajstić information content (AvgIpc) is 2.84. The van der Waals surface area contributed by atoms with Gasteiger partial charge in [0.05, 0.1) is 34.5 Å². The molecule has 3 N–H and O–H groups in total. The summed E-state index contributed by atoms with van der Waals surface area (Å²) in [6.45, 7) is 2.18. The summed E-state index contributed by atoms with van der Waals surface area (Å²) in [6.07, 6.45) is 6.68. The van der Waals surface area contributed by atoms with Crippen molar-refractivity contribution in [3.05, 3.63) is 47.1 Å². The number of aryl methyl sites for hydroxylation is 1. The first kappa shape index (κ1) is 13.4. The summed E-state index contributed by atoms with van der Waals surface area (Å²) in [5.41, 5.74) is 8.06. The van der Waals surface area contributed by atoms with Gasteiger partial charge in [-0.25, -0.2) is 0 Å². The maximum atomic E-state index is 12.2. The van der Waals surface area contributed by atoms with Crippen LogP contribution in [-0.2, 0) is 6.54 Å². The number of aromatic nitrogens is 3. The third-order valence-corrected chi connectivity index (χ3v) is 4.16. The van der Waals surface area contributed by atoms with Gasteiger partial charge in [0.2, 0.25) is 0 Å². The number of anilines is 1. The molecule has 0 unspecified atom stereocenters.